The van der Waals surface area contributed by atoms with Crippen LogP contribution in [0.5, 0.6) is 0 Å². The molecule has 0 aliphatic carbocycles. The molecule has 0 heterocycles. The van der Waals surface area contributed by atoms with Gasteiger partial charge in [-0.2, -0.15) is 70.2 Å². The van der Waals surface area contributed by atoms with Crippen LogP contribution in [0.1, 0.15) is 26.2 Å². The van der Waals surface area contributed by atoms with Gasteiger partial charge in [-0.15, -0.1) is 0 Å². The van der Waals surface area contributed by atoms with Crippen molar-refractivity contribution in [3.05, 3.63) is 0 Å². The number of hydrogen-bond donors (Lipinski definition) is 0. The summed E-state index contributed by atoms with van der Waals surface area (Å²) in [6, 6.07) is 0. The van der Waals surface area contributed by atoms with E-state index in [4.69, 9.17) is 0 Å². The van der Waals surface area contributed by atoms with E-state index >= 15 is 0 Å². The fourth-order valence-electron chi connectivity index (χ4n) is 1.91. The van der Waals surface area contributed by atoms with E-state index in [-0.39, 0.29) is 29.6 Å². The molecule has 0 fully saturated rings. The van der Waals surface area contributed by atoms with Crippen LogP contribution in [0.4, 0.5) is 70.2 Å². The third-order valence-electron chi connectivity index (χ3n) is 3.95. The maximum Gasteiger partial charge on any atom is 1.00 e. The molecule has 3 nitrogen and oxygen atoms in total. The van der Waals surface area contributed by atoms with E-state index in [9.17, 15) is 83.2 Å². The molecule has 0 aromatic heterocycles. The summed E-state index contributed by atoms with van der Waals surface area (Å²) in [5.41, 5.74) is 0. The van der Waals surface area contributed by atoms with Gasteiger partial charge in [0.25, 0.3) is 0 Å². The van der Waals surface area contributed by atoms with Crippen LogP contribution in [0.15, 0.2) is 0 Å². The molecule has 0 aromatic rings. The normalized spacial score (nSPS) is 15.9. The predicted molar refractivity (Wildman–Crippen MR) is 68.8 cm³/mol. The van der Waals surface area contributed by atoms with E-state index in [1.165, 1.54) is 0 Å². The van der Waals surface area contributed by atoms with Gasteiger partial charge in [0.1, 0.15) is 0 Å². The van der Waals surface area contributed by atoms with Crippen LogP contribution in [0.2, 0.25) is 0 Å². The molecule has 0 N–H and O–H groups in total. The van der Waals surface area contributed by atoms with Crippen molar-refractivity contribution in [3.63, 3.8) is 0 Å². The zero-order valence-corrected chi connectivity index (χ0v) is 18.6. The quantitative estimate of drug-likeness (QED) is 0.222. The first kappa shape index (κ1) is 35.0. The van der Waals surface area contributed by atoms with Gasteiger partial charge in [0.05, 0.1) is 0 Å². The van der Waals surface area contributed by atoms with Crippen LogP contribution in [-0.4, -0.2) is 59.7 Å². The van der Waals surface area contributed by atoms with Crippen LogP contribution in [-0.2, 0) is 10.1 Å². The van der Waals surface area contributed by atoms with Crippen LogP contribution in [0, 0.1) is 0 Å². The third-order valence-corrected chi connectivity index (χ3v) is 4.84. The summed E-state index contributed by atoms with van der Waals surface area (Å²) in [6.07, 6.45) is -4.08. The Kier molecular flexibility index (Phi) is 9.90. The van der Waals surface area contributed by atoms with Gasteiger partial charge in [0.2, 0.25) is 0 Å². The monoisotopic (exact) mass is 560 g/mol. The fourth-order valence-corrected chi connectivity index (χ4v) is 2.36. The van der Waals surface area contributed by atoms with E-state index in [1.807, 2.05) is 0 Å². The molecular formula is C12H9F16NaO3S. The molecule has 194 valence electrons. The summed E-state index contributed by atoms with van der Waals surface area (Å²) in [5.74, 6) is -56.8. The SMILES string of the molecule is CCCCC(F)(F)C(F)(F)C(F)(F)C(F)(F)C(F)(F)C(F)(F)C(F)(F)C(F)(F)S(=O)(=O)[O-].[Na+]. The Balaban J connectivity index is 0. The molecule has 21 heteroatoms. The van der Waals surface area contributed by atoms with Gasteiger partial charge >= 0.3 is 76.3 Å². The molecule has 0 unspecified atom stereocenters. The van der Waals surface area contributed by atoms with Crippen LogP contribution < -0.4 is 29.6 Å². The molecule has 0 saturated carbocycles. The van der Waals surface area contributed by atoms with Crippen molar-refractivity contribution in [2.45, 2.75) is 72.9 Å². The molecule has 0 saturated heterocycles. The molecule has 0 atom stereocenters. The van der Waals surface area contributed by atoms with Crippen LogP contribution >= 0.6 is 0 Å². The Morgan fingerprint density at radius 2 is 0.848 bits per heavy atom. The van der Waals surface area contributed by atoms with Gasteiger partial charge in [-0.1, -0.05) is 13.3 Å². The van der Waals surface area contributed by atoms with Gasteiger partial charge in [0.15, 0.2) is 10.1 Å². The Hall–Kier alpha value is -0.210. The molecule has 0 rings (SSSR count). The first-order valence-corrected chi connectivity index (χ1v) is 8.95. The minimum Gasteiger partial charge on any atom is -0.743 e. The smallest absolute Gasteiger partial charge is 0.743 e. The Morgan fingerprint density at radius 1 is 0.576 bits per heavy atom. The molecule has 0 aliphatic heterocycles. The number of rotatable bonds is 11. The van der Waals surface area contributed by atoms with Gasteiger partial charge in [-0.05, 0) is 6.42 Å². The third kappa shape index (κ3) is 4.78. The summed E-state index contributed by atoms with van der Waals surface area (Å²) in [7, 11) is -8.09. The molecule has 0 bridgehead atoms. The van der Waals surface area contributed by atoms with Crippen molar-refractivity contribution < 1.29 is 113 Å². The standard InChI is InChI=1S/C12H10F16O3S.Na/c1-2-3-4-5(13,14)6(15,16)7(17,18)8(19,20)9(21,22)10(23,24)11(25,26)12(27,28)32(29,30)31;/h2-4H2,1H3,(H,29,30,31);/q;+1/p-1. The Morgan fingerprint density at radius 3 is 1.12 bits per heavy atom. The number of halogens is 16. The van der Waals surface area contributed by atoms with Crippen molar-refractivity contribution in [1.29, 1.82) is 0 Å². The second-order valence-electron chi connectivity index (χ2n) is 6.23. The summed E-state index contributed by atoms with van der Waals surface area (Å²) in [4.78, 5) is 0. The van der Waals surface area contributed by atoms with Gasteiger partial charge in [0, 0.05) is 6.42 Å². The number of alkyl halides is 16. The minimum atomic E-state index is -8.76. The average Bonchev–Trinajstić information content (AvgIpc) is 2.57. The minimum absolute atomic E-state index is 0. The van der Waals surface area contributed by atoms with Crippen LogP contribution in [0.25, 0.3) is 0 Å². The first-order chi connectivity index (χ1) is 13.6. The topological polar surface area (TPSA) is 57.2 Å². The number of hydrogen-bond acceptors (Lipinski definition) is 3. The maximum atomic E-state index is 13.4. The Bertz CT molecular complexity index is 795. The van der Waals surface area contributed by atoms with Gasteiger partial charge < -0.3 is 4.55 Å². The molecule has 33 heavy (non-hydrogen) atoms. The fraction of sp³-hybridized carbons (Fsp3) is 1.00. The average molecular weight is 560 g/mol. The Labute approximate surface area is 195 Å². The largest absolute Gasteiger partial charge is 1.00 e. The summed E-state index contributed by atoms with van der Waals surface area (Å²) >= 11 is 0. The van der Waals surface area contributed by atoms with Crippen molar-refractivity contribution in [2.24, 2.45) is 0 Å². The van der Waals surface area contributed by atoms with Gasteiger partial charge in [-0.25, -0.2) is 8.42 Å². The summed E-state index contributed by atoms with van der Waals surface area (Å²) in [6.45, 7) is 0.960. The summed E-state index contributed by atoms with van der Waals surface area (Å²) in [5, 5.41) is -7.88. The van der Waals surface area contributed by atoms with E-state index in [0.717, 1.165) is 6.92 Å². The van der Waals surface area contributed by atoms with E-state index in [0.29, 0.717) is 0 Å². The van der Waals surface area contributed by atoms with E-state index in [1.54, 1.807) is 0 Å². The van der Waals surface area contributed by atoms with E-state index < -0.39 is 76.1 Å². The first-order valence-electron chi connectivity index (χ1n) is 7.54. The molecule has 0 aliphatic rings. The van der Waals surface area contributed by atoms with E-state index in [2.05, 4.69) is 0 Å². The molecule has 0 radical (unpaired) electrons. The van der Waals surface area contributed by atoms with Gasteiger partial charge in [-0.3, -0.25) is 0 Å². The molecule has 0 spiro atoms. The van der Waals surface area contributed by atoms with Crippen molar-refractivity contribution in [1.82, 2.24) is 0 Å². The van der Waals surface area contributed by atoms with Crippen molar-refractivity contribution in [2.75, 3.05) is 0 Å². The summed E-state index contributed by atoms with van der Waals surface area (Å²) < 4.78 is 242. The number of unbranched alkanes of at least 4 members (excludes halogenated alkanes) is 1. The zero-order valence-electron chi connectivity index (χ0n) is 15.8. The second kappa shape index (κ2) is 9.34. The molecular weight excluding hydrogens is 551 g/mol. The second-order valence-corrected chi connectivity index (χ2v) is 7.65. The van der Waals surface area contributed by atoms with Crippen molar-refractivity contribution >= 4 is 10.1 Å². The predicted octanol–water partition coefficient (Wildman–Crippen LogP) is 2.77. The van der Waals surface area contributed by atoms with Crippen LogP contribution in [0.3, 0.4) is 0 Å². The molecule has 0 amide bonds. The van der Waals surface area contributed by atoms with Crippen molar-refractivity contribution in [3.8, 4) is 0 Å². The maximum absolute atomic E-state index is 13.4. The molecule has 0 aromatic carbocycles. The zero-order chi connectivity index (χ0) is 26.6.